The minimum absolute atomic E-state index is 0.301. The fourth-order valence-corrected chi connectivity index (χ4v) is 2.04. The van der Waals surface area contributed by atoms with Gasteiger partial charge in [-0.15, -0.1) is 0 Å². The van der Waals surface area contributed by atoms with Gasteiger partial charge in [-0.25, -0.2) is 5.90 Å². The van der Waals surface area contributed by atoms with E-state index in [2.05, 4.69) is 5.90 Å². The number of ketones is 1. The Balaban J connectivity index is 0.000000686. The molecule has 1 aromatic carbocycles. The number of carbonyl (C=O) groups is 1. The van der Waals surface area contributed by atoms with Gasteiger partial charge in [0, 0.05) is 18.4 Å². The average molecular weight is 239 g/mol. The van der Waals surface area contributed by atoms with Gasteiger partial charge in [0.2, 0.25) is 0 Å². The van der Waals surface area contributed by atoms with Crippen LogP contribution in [0.5, 0.6) is 11.5 Å². The summed E-state index contributed by atoms with van der Waals surface area (Å²) in [5.41, 5.74) is 2.19. The zero-order valence-corrected chi connectivity index (χ0v) is 10.0. The maximum Gasteiger partial charge on any atom is 0.164 e. The lowest BCUT2D eigenvalue weighted by Gasteiger charge is -2.19. The van der Waals surface area contributed by atoms with Crippen molar-refractivity contribution in [2.45, 2.75) is 19.3 Å². The molecule has 0 radical (unpaired) electrons. The van der Waals surface area contributed by atoms with Gasteiger partial charge >= 0.3 is 0 Å². The summed E-state index contributed by atoms with van der Waals surface area (Å²) >= 11 is 0. The molecule has 0 aliphatic heterocycles. The summed E-state index contributed by atoms with van der Waals surface area (Å²) in [7, 11) is 3.26. The van der Waals surface area contributed by atoms with Crippen LogP contribution in [0, 0.1) is 0 Å². The summed E-state index contributed by atoms with van der Waals surface area (Å²) in [6.45, 7) is 0. The van der Waals surface area contributed by atoms with E-state index in [9.17, 15) is 4.79 Å². The summed E-state index contributed by atoms with van der Waals surface area (Å²) in [6.07, 6.45) is 1.89. The Morgan fingerprint density at radius 2 is 1.88 bits per heavy atom. The lowest BCUT2D eigenvalue weighted by atomic mass is 9.90. The third-order valence-electron chi connectivity index (χ3n) is 2.79. The summed E-state index contributed by atoms with van der Waals surface area (Å²) in [6, 6.07) is 3.81. The van der Waals surface area contributed by atoms with Gasteiger partial charge in [0.15, 0.2) is 11.5 Å². The van der Waals surface area contributed by atoms with Crippen molar-refractivity contribution in [1.29, 1.82) is 0 Å². The molecule has 0 heterocycles. The summed E-state index contributed by atoms with van der Waals surface area (Å²) in [4.78, 5) is 11.3. The number of carbonyl (C=O) groups excluding carboxylic acids is 1. The molecular formula is C12H17NO4. The highest BCUT2D eigenvalue weighted by Gasteiger charge is 2.21. The van der Waals surface area contributed by atoms with Crippen LogP contribution in [-0.4, -0.2) is 25.2 Å². The molecule has 0 aromatic heterocycles. The largest absolute Gasteiger partial charge is 0.493 e. The normalized spacial score (nSPS) is 13.3. The van der Waals surface area contributed by atoms with Crippen molar-refractivity contribution in [2.24, 2.45) is 5.90 Å². The molecule has 94 valence electrons. The molecule has 5 nitrogen and oxygen atoms in total. The van der Waals surface area contributed by atoms with Crippen LogP contribution < -0.4 is 15.4 Å². The summed E-state index contributed by atoms with van der Waals surface area (Å²) < 4.78 is 10.6. The first-order valence-electron chi connectivity index (χ1n) is 5.26. The van der Waals surface area contributed by atoms with Crippen LogP contribution in [0.1, 0.15) is 17.5 Å². The molecule has 0 spiro atoms. The number of methoxy groups -OCH3 is 2. The van der Waals surface area contributed by atoms with Crippen LogP contribution >= 0.6 is 0 Å². The molecule has 0 bridgehead atoms. The van der Waals surface area contributed by atoms with E-state index in [4.69, 9.17) is 14.7 Å². The van der Waals surface area contributed by atoms with E-state index in [0.717, 1.165) is 29.0 Å². The molecule has 1 aliphatic carbocycles. The van der Waals surface area contributed by atoms with Gasteiger partial charge in [-0.05, 0) is 18.1 Å². The third-order valence-corrected chi connectivity index (χ3v) is 2.79. The van der Waals surface area contributed by atoms with Crippen molar-refractivity contribution in [1.82, 2.24) is 0 Å². The molecular weight excluding hydrogens is 222 g/mol. The number of benzene rings is 1. The van der Waals surface area contributed by atoms with Crippen molar-refractivity contribution < 1.29 is 19.5 Å². The number of ether oxygens (including phenoxy) is 2. The quantitative estimate of drug-likeness (QED) is 0.755. The molecule has 0 saturated heterocycles. The lowest BCUT2D eigenvalue weighted by molar-refractivity contribution is -0.118. The summed E-state index contributed by atoms with van der Waals surface area (Å²) in [5, 5.41) is 6.50. The highest BCUT2D eigenvalue weighted by Crippen LogP contribution is 2.36. The van der Waals surface area contributed by atoms with Gasteiger partial charge in [-0.3, -0.25) is 4.79 Å². The van der Waals surface area contributed by atoms with Crippen LogP contribution in [0.3, 0.4) is 0 Å². The van der Waals surface area contributed by atoms with Crippen molar-refractivity contribution in [3.63, 3.8) is 0 Å². The SMILES string of the molecule is COc1ccc2c(c1OC)CCC(=O)C2.NO. The lowest BCUT2D eigenvalue weighted by Crippen LogP contribution is -2.14. The second kappa shape index (κ2) is 6.22. The van der Waals surface area contributed by atoms with Crippen LogP contribution in [0.25, 0.3) is 0 Å². The number of fused-ring (bicyclic) bond motifs is 1. The zero-order chi connectivity index (χ0) is 12.8. The van der Waals surface area contributed by atoms with Gasteiger partial charge in [0.1, 0.15) is 5.78 Å². The first-order valence-corrected chi connectivity index (χ1v) is 5.26. The van der Waals surface area contributed by atoms with Gasteiger partial charge in [0.05, 0.1) is 14.2 Å². The van der Waals surface area contributed by atoms with Crippen LogP contribution in [0.4, 0.5) is 0 Å². The molecule has 1 aliphatic rings. The first-order chi connectivity index (χ1) is 8.26. The number of hydrogen-bond donors (Lipinski definition) is 2. The minimum Gasteiger partial charge on any atom is -0.493 e. The van der Waals surface area contributed by atoms with Crippen molar-refractivity contribution in [3.8, 4) is 11.5 Å². The monoisotopic (exact) mass is 239 g/mol. The molecule has 17 heavy (non-hydrogen) atoms. The Morgan fingerprint density at radius 3 is 2.47 bits per heavy atom. The predicted octanol–water partition coefficient (Wildman–Crippen LogP) is 1.10. The highest BCUT2D eigenvalue weighted by atomic mass is 16.5. The standard InChI is InChI=1S/C12H14O3.H3NO/c1-14-11-6-3-8-7-9(13)4-5-10(8)12(11)15-2;1-2/h3,6H,4-5,7H2,1-2H3;2H,1H2. The van der Waals surface area contributed by atoms with E-state index in [1.54, 1.807) is 14.2 Å². The molecule has 1 aromatic rings. The fraction of sp³-hybridized carbons (Fsp3) is 0.417. The van der Waals surface area contributed by atoms with Crippen LogP contribution in [0.2, 0.25) is 0 Å². The van der Waals surface area contributed by atoms with Gasteiger partial charge in [0.25, 0.3) is 0 Å². The number of hydrogen-bond acceptors (Lipinski definition) is 5. The van der Waals surface area contributed by atoms with Crippen molar-refractivity contribution in [3.05, 3.63) is 23.3 Å². The molecule has 0 fully saturated rings. The number of rotatable bonds is 2. The van der Waals surface area contributed by atoms with E-state index >= 15 is 0 Å². The van der Waals surface area contributed by atoms with E-state index in [1.165, 1.54) is 0 Å². The zero-order valence-electron chi connectivity index (χ0n) is 10.0. The topological polar surface area (TPSA) is 81.8 Å². The second-order valence-electron chi connectivity index (χ2n) is 3.65. The molecule has 0 atom stereocenters. The van der Waals surface area contributed by atoms with Gasteiger partial charge < -0.3 is 14.7 Å². The van der Waals surface area contributed by atoms with Crippen molar-refractivity contribution in [2.75, 3.05) is 14.2 Å². The Labute approximate surface area is 100 Å². The summed E-state index contributed by atoms with van der Waals surface area (Å²) in [5.74, 6) is 5.32. The van der Waals surface area contributed by atoms with E-state index in [0.29, 0.717) is 18.6 Å². The fourth-order valence-electron chi connectivity index (χ4n) is 2.04. The number of Topliss-reactive ketones (excluding diaryl/α,β-unsaturated/α-hetero) is 1. The van der Waals surface area contributed by atoms with Crippen LogP contribution in [0.15, 0.2) is 12.1 Å². The van der Waals surface area contributed by atoms with Gasteiger partial charge in [-0.1, -0.05) is 6.07 Å². The van der Waals surface area contributed by atoms with Crippen molar-refractivity contribution >= 4 is 5.78 Å². The first kappa shape index (κ1) is 13.5. The smallest absolute Gasteiger partial charge is 0.164 e. The molecule has 5 heteroatoms. The Kier molecular flexibility index (Phi) is 4.93. The Morgan fingerprint density at radius 1 is 1.18 bits per heavy atom. The molecule has 0 saturated carbocycles. The minimum atomic E-state index is 0.301. The second-order valence-corrected chi connectivity index (χ2v) is 3.65. The molecule has 0 unspecified atom stereocenters. The molecule has 0 amide bonds. The van der Waals surface area contributed by atoms with Gasteiger partial charge in [-0.2, -0.15) is 0 Å². The van der Waals surface area contributed by atoms with E-state index in [-0.39, 0.29) is 0 Å². The third kappa shape index (κ3) is 2.75. The maximum atomic E-state index is 11.3. The predicted molar refractivity (Wildman–Crippen MR) is 62.6 cm³/mol. The highest BCUT2D eigenvalue weighted by molar-refractivity contribution is 5.84. The van der Waals surface area contributed by atoms with E-state index < -0.39 is 0 Å². The Bertz CT molecular complexity index is 404. The maximum absolute atomic E-state index is 11.3. The molecule has 3 N–H and O–H groups in total. The number of nitrogens with two attached hydrogens (primary N) is 1. The van der Waals surface area contributed by atoms with Crippen LogP contribution in [-0.2, 0) is 17.6 Å². The Hall–Kier alpha value is -1.59. The van der Waals surface area contributed by atoms with E-state index in [1.807, 2.05) is 12.1 Å². The molecule has 2 rings (SSSR count). The average Bonchev–Trinajstić information content (AvgIpc) is 2.39.